The molecule has 0 atom stereocenters. The molecule has 10 heteroatoms. The van der Waals surface area contributed by atoms with E-state index in [9.17, 15) is 18.0 Å². The van der Waals surface area contributed by atoms with Crippen molar-refractivity contribution in [3.8, 4) is 11.5 Å². The highest BCUT2D eigenvalue weighted by molar-refractivity contribution is 7.89. The first-order chi connectivity index (χ1) is 10.8. The molecule has 0 bridgehead atoms. The third-order valence-electron chi connectivity index (χ3n) is 2.74. The first-order valence-corrected chi connectivity index (χ1v) is 7.87. The van der Waals surface area contributed by atoms with Crippen LogP contribution in [0.25, 0.3) is 0 Å². The second-order valence-corrected chi connectivity index (χ2v) is 5.93. The third-order valence-corrected chi connectivity index (χ3v) is 4.16. The molecule has 9 nitrogen and oxygen atoms in total. The van der Waals surface area contributed by atoms with Crippen molar-refractivity contribution in [3.05, 3.63) is 18.2 Å². The molecule has 2 N–H and O–H groups in total. The van der Waals surface area contributed by atoms with Crippen molar-refractivity contribution >= 4 is 21.9 Å². The van der Waals surface area contributed by atoms with Crippen LogP contribution in [0.4, 0.5) is 0 Å². The monoisotopic (exact) mass is 346 g/mol. The van der Waals surface area contributed by atoms with Crippen LogP contribution in [0.5, 0.6) is 11.5 Å². The second-order valence-electron chi connectivity index (χ2n) is 4.19. The smallest absolute Gasteiger partial charge is 0.325 e. The van der Waals surface area contributed by atoms with E-state index in [1.165, 1.54) is 33.5 Å². The van der Waals surface area contributed by atoms with Gasteiger partial charge >= 0.3 is 5.97 Å². The molecule has 0 radical (unpaired) electrons. The van der Waals surface area contributed by atoms with Crippen molar-refractivity contribution < 1.29 is 32.2 Å². The number of esters is 1. The maximum atomic E-state index is 12.3. The Hall–Kier alpha value is -2.33. The van der Waals surface area contributed by atoms with Gasteiger partial charge in [0.15, 0.2) is 0 Å². The second kappa shape index (κ2) is 8.34. The van der Waals surface area contributed by atoms with Crippen LogP contribution < -0.4 is 19.5 Å². The molecule has 0 aromatic heterocycles. The van der Waals surface area contributed by atoms with Crippen LogP contribution in [-0.2, 0) is 24.3 Å². The Morgan fingerprint density at radius 1 is 1.09 bits per heavy atom. The Kier molecular flexibility index (Phi) is 6.79. The minimum Gasteiger partial charge on any atom is -0.497 e. The SMILES string of the molecule is COC(=O)CNC(=O)CNS(=O)(=O)c1cc(OC)ccc1OC. The summed E-state index contributed by atoms with van der Waals surface area (Å²) in [4.78, 5) is 22.2. The van der Waals surface area contributed by atoms with Crippen LogP contribution >= 0.6 is 0 Å². The van der Waals surface area contributed by atoms with Crippen LogP contribution in [0, 0.1) is 0 Å². The summed E-state index contributed by atoms with van der Waals surface area (Å²) in [6, 6.07) is 4.25. The molecule has 128 valence electrons. The predicted molar refractivity (Wildman–Crippen MR) is 79.8 cm³/mol. The van der Waals surface area contributed by atoms with E-state index < -0.39 is 28.4 Å². The van der Waals surface area contributed by atoms with Gasteiger partial charge in [0.2, 0.25) is 15.9 Å². The minimum absolute atomic E-state index is 0.105. The highest BCUT2D eigenvalue weighted by Crippen LogP contribution is 2.27. The molecule has 1 aromatic carbocycles. The first kappa shape index (κ1) is 18.7. The van der Waals surface area contributed by atoms with Crippen molar-refractivity contribution in [1.29, 1.82) is 0 Å². The zero-order valence-corrected chi connectivity index (χ0v) is 13.7. The molecule has 0 heterocycles. The molecule has 0 unspecified atom stereocenters. The fourth-order valence-electron chi connectivity index (χ4n) is 1.54. The van der Waals surface area contributed by atoms with Crippen molar-refractivity contribution in [2.24, 2.45) is 0 Å². The van der Waals surface area contributed by atoms with Crippen LogP contribution in [0.2, 0.25) is 0 Å². The van der Waals surface area contributed by atoms with Gasteiger partial charge in [0.05, 0.1) is 27.9 Å². The molecular formula is C13H18N2O7S. The number of rotatable bonds is 8. The number of nitrogens with one attached hydrogen (secondary N) is 2. The molecule has 1 amide bonds. The van der Waals surface area contributed by atoms with Crippen LogP contribution in [0.3, 0.4) is 0 Å². The van der Waals surface area contributed by atoms with Gasteiger partial charge in [-0.25, -0.2) is 13.1 Å². The maximum absolute atomic E-state index is 12.3. The normalized spacial score (nSPS) is 10.7. The summed E-state index contributed by atoms with van der Waals surface area (Å²) >= 11 is 0. The number of hydrogen-bond acceptors (Lipinski definition) is 7. The largest absolute Gasteiger partial charge is 0.497 e. The van der Waals surface area contributed by atoms with Gasteiger partial charge in [-0.2, -0.15) is 0 Å². The lowest BCUT2D eigenvalue weighted by atomic mass is 10.3. The Balaban J connectivity index is 2.80. The van der Waals surface area contributed by atoms with Gasteiger partial charge in [0.25, 0.3) is 0 Å². The summed E-state index contributed by atoms with van der Waals surface area (Å²) in [5.41, 5.74) is 0. The molecule has 0 aliphatic rings. The Bertz CT molecular complexity index is 673. The lowest BCUT2D eigenvalue weighted by Crippen LogP contribution is -2.39. The number of hydrogen-bond donors (Lipinski definition) is 2. The molecule has 0 fully saturated rings. The Morgan fingerprint density at radius 3 is 2.35 bits per heavy atom. The number of benzene rings is 1. The van der Waals surface area contributed by atoms with Gasteiger partial charge < -0.3 is 19.5 Å². The van der Waals surface area contributed by atoms with Gasteiger partial charge in [-0.05, 0) is 12.1 Å². The van der Waals surface area contributed by atoms with Gasteiger partial charge in [-0.3, -0.25) is 9.59 Å². The summed E-state index contributed by atoms with van der Waals surface area (Å²) in [5, 5.41) is 2.21. The zero-order chi connectivity index (χ0) is 17.5. The summed E-state index contributed by atoms with van der Waals surface area (Å²) in [5.74, 6) is -0.897. The number of methoxy groups -OCH3 is 3. The third kappa shape index (κ3) is 5.42. The Morgan fingerprint density at radius 2 is 1.78 bits per heavy atom. The van der Waals surface area contributed by atoms with E-state index in [4.69, 9.17) is 9.47 Å². The van der Waals surface area contributed by atoms with E-state index in [0.29, 0.717) is 5.75 Å². The molecule has 1 rings (SSSR count). The fraction of sp³-hybridized carbons (Fsp3) is 0.385. The molecule has 0 saturated carbocycles. The number of ether oxygens (including phenoxy) is 3. The summed E-state index contributed by atoms with van der Waals surface area (Å²) < 4.78 is 41.0. The number of carbonyl (C=O) groups is 2. The topological polar surface area (TPSA) is 120 Å². The van der Waals surface area contributed by atoms with Crippen molar-refractivity contribution in [2.75, 3.05) is 34.4 Å². The average Bonchev–Trinajstić information content (AvgIpc) is 2.57. The van der Waals surface area contributed by atoms with E-state index in [0.717, 1.165) is 0 Å². The van der Waals surface area contributed by atoms with Gasteiger partial charge in [0.1, 0.15) is 22.9 Å². The van der Waals surface area contributed by atoms with Crippen LogP contribution in [0.1, 0.15) is 0 Å². The molecule has 0 aliphatic heterocycles. The molecule has 23 heavy (non-hydrogen) atoms. The van der Waals surface area contributed by atoms with E-state index in [1.807, 2.05) is 0 Å². The van der Waals surface area contributed by atoms with Crippen molar-refractivity contribution in [3.63, 3.8) is 0 Å². The number of carbonyl (C=O) groups excluding carboxylic acids is 2. The average molecular weight is 346 g/mol. The Labute approximate surface area is 134 Å². The number of sulfonamides is 1. The van der Waals surface area contributed by atoms with E-state index >= 15 is 0 Å². The fourth-order valence-corrected chi connectivity index (χ4v) is 2.70. The van der Waals surface area contributed by atoms with Gasteiger partial charge in [-0.1, -0.05) is 0 Å². The van der Waals surface area contributed by atoms with E-state index in [1.54, 1.807) is 6.07 Å². The summed E-state index contributed by atoms with van der Waals surface area (Å²) in [6.45, 7) is -0.890. The molecule has 0 spiro atoms. The highest BCUT2D eigenvalue weighted by atomic mass is 32.2. The van der Waals surface area contributed by atoms with Crippen LogP contribution in [-0.4, -0.2) is 54.7 Å². The van der Waals surface area contributed by atoms with Crippen LogP contribution in [0.15, 0.2) is 23.1 Å². The van der Waals surface area contributed by atoms with Gasteiger partial charge in [-0.15, -0.1) is 0 Å². The minimum atomic E-state index is -4.01. The standard InChI is InChI=1S/C13H18N2O7S/c1-20-9-4-5-10(21-2)11(6-9)23(18,19)15-7-12(16)14-8-13(17)22-3/h4-6,15H,7-8H2,1-3H3,(H,14,16). The quantitative estimate of drug-likeness (QED) is 0.596. The van der Waals surface area contributed by atoms with E-state index in [-0.39, 0.29) is 17.2 Å². The lowest BCUT2D eigenvalue weighted by molar-refractivity contribution is -0.141. The predicted octanol–water partition coefficient (Wildman–Crippen LogP) is -0.729. The maximum Gasteiger partial charge on any atom is 0.325 e. The summed E-state index contributed by atoms with van der Waals surface area (Å²) in [6.07, 6.45) is 0. The van der Waals surface area contributed by atoms with E-state index in [2.05, 4.69) is 14.8 Å². The first-order valence-electron chi connectivity index (χ1n) is 6.39. The lowest BCUT2D eigenvalue weighted by Gasteiger charge is -2.12. The van der Waals surface area contributed by atoms with Gasteiger partial charge in [0, 0.05) is 6.07 Å². The molecule has 1 aromatic rings. The molecule has 0 saturated heterocycles. The molecule has 0 aliphatic carbocycles. The molecular weight excluding hydrogens is 328 g/mol. The number of amides is 1. The summed E-state index contributed by atoms with van der Waals surface area (Å²) in [7, 11) is -0.116. The van der Waals surface area contributed by atoms with Crippen molar-refractivity contribution in [2.45, 2.75) is 4.90 Å². The van der Waals surface area contributed by atoms with Crippen molar-refractivity contribution in [1.82, 2.24) is 10.0 Å². The zero-order valence-electron chi connectivity index (χ0n) is 12.9. The highest BCUT2D eigenvalue weighted by Gasteiger charge is 2.21.